The van der Waals surface area contributed by atoms with Crippen molar-refractivity contribution in [2.75, 3.05) is 26.3 Å². The summed E-state index contributed by atoms with van der Waals surface area (Å²) in [6.45, 7) is 2.09. The Morgan fingerprint density at radius 1 is 1.41 bits per heavy atom. The highest BCUT2D eigenvalue weighted by Gasteiger charge is 2.32. The van der Waals surface area contributed by atoms with Crippen molar-refractivity contribution in [3.63, 3.8) is 0 Å². The number of nitrogens with zero attached hydrogens (tertiary/aromatic N) is 1. The summed E-state index contributed by atoms with van der Waals surface area (Å²) in [6.07, 6.45) is -1.32. The number of hydrogen-bond acceptors (Lipinski definition) is 5. The van der Waals surface area contributed by atoms with Gasteiger partial charge in [-0.05, 0) is 6.92 Å². The zero-order valence-corrected chi connectivity index (χ0v) is 10.2. The zero-order chi connectivity index (χ0) is 13.1. The molecule has 0 unspecified atom stereocenters. The number of carbonyl (C=O) groups is 1. The molecule has 0 aromatic carbocycles. The van der Waals surface area contributed by atoms with E-state index < -0.39 is 28.3 Å². The predicted octanol–water partition coefficient (Wildman–Crippen LogP) is -2.01. The molecule has 1 aliphatic heterocycles. The Kier molecular flexibility index (Phi) is 4.83. The van der Waals surface area contributed by atoms with E-state index in [1.165, 1.54) is 6.92 Å². The van der Waals surface area contributed by atoms with Gasteiger partial charge in [-0.1, -0.05) is 0 Å². The summed E-state index contributed by atoms with van der Waals surface area (Å²) in [6, 6.07) is -1.55. The van der Waals surface area contributed by atoms with E-state index in [0.29, 0.717) is 0 Å². The Hall–Kier alpha value is -0.740. The van der Waals surface area contributed by atoms with Crippen LogP contribution in [0.5, 0.6) is 0 Å². The van der Waals surface area contributed by atoms with Gasteiger partial charge in [-0.25, -0.2) is 0 Å². The third kappa shape index (κ3) is 3.89. The van der Waals surface area contributed by atoms with Crippen LogP contribution >= 0.6 is 0 Å². The van der Waals surface area contributed by atoms with Crippen molar-refractivity contribution in [1.29, 1.82) is 0 Å². The molecule has 0 aliphatic carbocycles. The summed E-state index contributed by atoms with van der Waals surface area (Å²) in [5.41, 5.74) is 0. The molecule has 0 saturated carbocycles. The molecule has 100 valence electrons. The van der Waals surface area contributed by atoms with Crippen LogP contribution in [0.3, 0.4) is 0 Å². The van der Waals surface area contributed by atoms with Gasteiger partial charge in [0, 0.05) is 13.1 Å². The lowest BCUT2D eigenvalue weighted by molar-refractivity contribution is -0.141. The standard InChI is InChI=1S/C8H16N2O6S/c1-6(11)7(8(12)13)9-17(14,15)10-2-4-16-5-3-10/h6-7,9,11H,2-5H2,1H3,(H,12,13)/t6-,7+/m1/s1. The average molecular weight is 268 g/mol. The molecular formula is C8H16N2O6S. The molecule has 0 radical (unpaired) electrons. The van der Waals surface area contributed by atoms with Crippen LogP contribution in [-0.4, -0.2) is 67.4 Å². The van der Waals surface area contributed by atoms with Gasteiger partial charge in [-0.3, -0.25) is 4.79 Å². The topological polar surface area (TPSA) is 116 Å². The zero-order valence-electron chi connectivity index (χ0n) is 9.37. The van der Waals surface area contributed by atoms with Gasteiger partial charge < -0.3 is 14.9 Å². The molecule has 1 rings (SSSR count). The first-order valence-electron chi connectivity index (χ1n) is 5.10. The maximum absolute atomic E-state index is 11.8. The Bertz CT molecular complexity index is 362. The number of rotatable bonds is 5. The van der Waals surface area contributed by atoms with E-state index in [-0.39, 0.29) is 26.3 Å². The van der Waals surface area contributed by atoms with Crippen molar-refractivity contribution in [1.82, 2.24) is 9.03 Å². The van der Waals surface area contributed by atoms with Gasteiger partial charge in [0.15, 0.2) is 0 Å². The van der Waals surface area contributed by atoms with Crippen molar-refractivity contribution in [3.8, 4) is 0 Å². The molecule has 1 aliphatic rings. The van der Waals surface area contributed by atoms with E-state index in [1.54, 1.807) is 0 Å². The van der Waals surface area contributed by atoms with E-state index >= 15 is 0 Å². The van der Waals surface area contributed by atoms with Crippen LogP contribution in [0, 0.1) is 0 Å². The number of hydrogen-bond donors (Lipinski definition) is 3. The molecule has 1 heterocycles. The highest BCUT2D eigenvalue weighted by molar-refractivity contribution is 7.87. The number of aliphatic carboxylic acids is 1. The first-order chi connectivity index (χ1) is 7.84. The molecule has 0 spiro atoms. The number of nitrogens with one attached hydrogen (secondary N) is 1. The number of morpholine rings is 1. The minimum Gasteiger partial charge on any atom is -0.480 e. The van der Waals surface area contributed by atoms with E-state index in [4.69, 9.17) is 9.84 Å². The van der Waals surface area contributed by atoms with Crippen LogP contribution in [0.4, 0.5) is 0 Å². The molecule has 0 aromatic heterocycles. The Morgan fingerprint density at radius 3 is 2.35 bits per heavy atom. The van der Waals surface area contributed by atoms with Crippen molar-refractivity contribution in [2.45, 2.75) is 19.1 Å². The van der Waals surface area contributed by atoms with Crippen LogP contribution in [0.2, 0.25) is 0 Å². The Balaban J connectivity index is 2.73. The molecule has 3 N–H and O–H groups in total. The summed E-state index contributed by atoms with van der Waals surface area (Å²) in [5.74, 6) is -1.42. The van der Waals surface area contributed by atoms with Crippen molar-refractivity contribution < 1.29 is 28.2 Å². The molecule has 17 heavy (non-hydrogen) atoms. The normalized spacial score (nSPS) is 22.0. The van der Waals surface area contributed by atoms with Crippen LogP contribution < -0.4 is 4.72 Å². The van der Waals surface area contributed by atoms with Crippen molar-refractivity contribution >= 4 is 16.2 Å². The SMILES string of the molecule is C[C@@H](O)[C@H](NS(=O)(=O)N1CCOCC1)C(=O)O. The van der Waals surface area contributed by atoms with E-state index in [2.05, 4.69) is 0 Å². The summed E-state index contributed by atoms with van der Waals surface area (Å²) in [7, 11) is -3.91. The lowest BCUT2D eigenvalue weighted by Gasteiger charge is -2.28. The van der Waals surface area contributed by atoms with Crippen LogP contribution in [-0.2, 0) is 19.7 Å². The van der Waals surface area contributed by atoms with Crippen molar-refractivity contribution in [2.24, 2.45) is 0 Å². The first-order valence-corrected chi connectivity index (χ1v) is 6.54. The predicted molar refractivity (Wildman–Crippen MR) is 57.6 cm³/mol. The van der Waals surface area contributed by atoms with Gasteiger partial charge in [0.2, 0.25) is 0 Å². The van der Waals surface area contributed by atoms with Gasteiger partial charge in [-0.15, -0.1) is 0 Å². The smallest absolute Gasteiger partial charge is 0.324 e. The second-order valence-corrected chi connectivity index (χ2v) is 5.39. The van der Waals surface area contributed by atoms with Gasteiger partial charge in [-0.2, -0.15) is 17.4 Å². The monoisotopic (exact) mass is 268 g/mol. The second kappa shape index (κ2) is 5.74. The summed E-state index contributed by atoms with van der Waals surface area (Å²) >= 11 is 0. The lowest BCUT2D eigenvalue weighted by atomic mass is 10.2. The fourth-order valence-electron chi connectivity index (χ4n) is 1.38. The van der Waals surface area contributed by atoms with Crippen molar-refractivity contribution in [3.05, 3.63) is 0 Å². The Labute approximate surface area is 99.4 Å². The fraction of sp³-hybridized carbons (Fsp3) is 0.875. The minimum atomic E-state index is -3.91. The molecule has 8 nitrogen and oxygen atoms in total. The van der Waals surface area contributed by atoms with E-state index in [0.717, 1.165) is 4.31 Å². The molecule has 0 amide bonds. The third-order valence-electron chi connectivity index (χ3n) is 2.33. The van der Waals surface area contributed by atoms with Gasteiger partial charge in [0.25, 0.3) is 10.2 Å². The molecule has 1 fully saturated rings. The molecule has 9 heteroatoms. The third-order valence-corrected chi connectivity index (χ3v) is 3.93. The quantitative estimate of drug-likeness (QED) is 0.530. The summed E-state index contributed by atoms with van der Waals surface area (Å²) in [4.78, 5) is 10.8. The van der Waals surface area contributed by atoms with Crippen LogP contribution in [0.15, 0.2) is 0 Å². The summed E-state index contributed by atoms with van der Waals surface area (Å²) in [5, 5.41) is 18.0. The number of aliphatic hydroxyl groups is 1. The minimum absolute atomic E-state index is 0.168. The molecule has 0 aromatic rings. The average Bonchev–Trinajstić information content (AvgIpc) is 2.26. The molecular weight excluding hydrogens is 252 g/mol. The van der Waals surface area contributed by atoms with E-state index in [1.807, 2.05) is 4.72 Å². The number of carboxylic acid groups (broad SMARTS) is 1. The second-order valence-electron chi connectivity index (χ2n) is 3.69. The van der Waals surface area contributed by atoms with Gasteiger partial charge >= 0.3 is 5.97 Å². The van der Waals surface area contributed by atoms with Crippen LogP contribution in [0.25, 0.3) is 0 Å². The molecule has 2 atom stereocenters. The highest BCUT2D eigenvalue weighted by atomic mass is 32.2. The maximum atomic E-state index is 11.8. The number of aliphatic hydroxyl groups excluding tert-OH is 1. The number of carboxylic acids is 1. The van der Waals surface area contributed by atoms with Crippen LogP contribution in [0.1, 0.15) is 6.92 Å². The van der Waals surface area contributed by atoms with Gasteiger partial charge in [0.05, 0.1) is 19.3 Å². The molecule has 1 saturated heterocycles. The fourth-order valence-corrected chi connectivity index (χ4v) is 2.77. The summed E-state index contributed by atoms with van der Waals surface area (Å²) < 4.78 is 31.6. The highest BCUT2D eigenvalue weighted by Crippen LogP contribution is 2.05. The van der Waals surface area contributed by atoms with Gasteiger partial charge in [0.1, 0.15) is 6.04 Å². The van der Waals surface area contributed by atoms with E-state index in [9.17, 15) is 18.3 Å². The first kappa shape index (κ1) is 14.3. The largest absolute Gasteiger partial charge is 0.480 e. The number of ether oxygens (including phenoxy) is 1. The molecule has 0 bridgehead atoms. The Morgan fingerprint density at radius 2 is 1.94 bits per heavy atom. The maximum Gasteiger partial charge on any atom is 0.324 e. The lowest BCUT2D eigenvalue weighted by Crippen LogP contribution is -2.54.